The zero-order valence-corrected chi connectivity index (χ0v) is 12.2. The highest BCUT2D eigenvalue weighted by molar-refractivity contribution is 7.80. The third-order valence-corrected chi connectivity index (χ3v) is 3.31. The fourth-order valence-corrected chi connectivity index (χ4v) is 2.30. The molecule has 0 bridgehead atoms. The number of nitrogens with zero attached hydrogens (tertiary/aromatic N) is 1. The van der Waals surface area contributed by atoms with E-state index in [9.17, 15) is 4.39 Å². The lowest BCUT2D eigenvalue weighted by Gasteiger charge is -2.18. The summed E-state index contributed by atoms with van der Waals surface area (Å²) >= 11 is 5.07. The first kappa shape index (κ1) is 14.4. The number of rotatable bonds is 4. The number of aromatic nitrogens is 1. The van der Waals surface area contributed by atoms with Gasteiger partial charge in [0.25, 0.3) is 0 Å². The summed E-state index contributed by atoms with van der Waals surface area (Å²) < 4.78 is 13.3. The standard InChI is InChI=1S/C15H16FN3S/c1-9-6-7-18-15(13(9)14(17)20)19-10(2)11-4-3-5-12(16)8-11/h3-8,10H,1-2H3,(H2,17,20)(H,18,19). The van der Waals surface area contributed by atoms with Crippen LogP contribution in [0.25, 0.3) is 0 Å². The molecular formula is C15H16FN3S. The second-order valence-electron chi connectivity index (χ2n) is 4.64. The summed E-state index contributed by atoms with van der Waals surface area (Å²) in [7, 11) is 0. The lowest BCUT2D eigenvalue weighted by Crippen LogP contribution is -2.17. The van der Waals surface area contributed by atoms with E-state index >= 15 is 0 Å². The fourth-order valence-electron chi connectivity index (χ4n) is 2.04. The van der Waals surface area contributed by atoms with E-state index in [1.165, 1.54) is 12.1 Å². The largest absolute Gasteiger partial charge is 0.389 e. The number of anilines is 1. The summed E-state index contributed by atoms with van der Waals surface area (Å²) in [5, 5.41) is 3.23. The van der Waals surface area contributed by atoms with Gasteiger partial charge in [-0.3, -0.25) is 0 Å². The van der Waals surface area contributed by atoms with Crippen molar-refractivity contribution in [3.8, 4) is 0 Å². The molecule has 0 saturated carbocycles. The van der Waals surface area contributed by atoms with Crippen LogP contribution in [0.3, 0.4) is 0 Å². The molecule has 0 aliphatic heterocycles. The molecular weight excluding hydrogens is 273 g/mol. The summed E-state index contributed by atoms with van der Waals surface area (Å²) in [5.41, 5.74) is 8.27. The SMILES string of the molecule is Cc1ccnc(NC(C)c2cccc(F)c2)c1C(N)=S. The van der Waals surface area contributed by atoms with E-state index in [-0.39, 0.29) is 11.9 Å². The zero-order chi connectivity index (χ0) is 14.7. The lowest BCUT2D eigenvalue weighted by atomic mass is 10.1. The first-order valence-corrected chi connectivity index (χ1v) is 6.67. The second-order valence-corrected chi connectivity index (χ2v) is 5.08. The van der Waals surface area contributed by atoms with Crippen molar-refractivity contribution < 1.29 is 4.39 Å². The maximum absolute atomic E-state index is 13.3. The van der Waals surface area contributed by atoms with Crippen LogP contribution in [0, 0.1) is 12.7 Å². The number of hydrogen-bond donors (Lipinski definition) is 2. The number of nitrogens with two attached hydrogens (primary N) is 1. The molecule has 3 nitrogen and oxygen atoms in total. The van der Waals surface area contributed by atoms with E-state index in [0.29, 0.717) is 10.8 Å². The number of aryl methyl sites for hydroxylation is 1. The van der Waals surface area contributed by atoms with E-state index in [4.69, 9.17) is 18.0 Å². The summed E-state index contributed by atoms with van der Waals surface area (Å²) in [6.07, 6.45) is 1.69. The molecule has 20 heavy (non-hydrogen) atoms. The molecule has 1 atom stereocenters. The van der Waals surface area contributed by atoms with Crippen molar-refractivity contribution in [2.45, 2.75) is 19.9 Å². The number of hydrogen-bond acceptors (Lipinski definition) is 3. The summed E-state index contributed by atoms with van der Waals surface area (Å²) in [4.78, 5) is 4.57. The smallest absolute Gasteiger partial charge is 0.136 e. The predicted molar refractivity (Wildman–Crippen MR) is 83.3 cm³/mol. The number of halogens is 1. The Labute approximate surface area is 123 Å². The Hall–Kier alpha value is -2.01. The third-order valence-electron chi connectivity index (χ3n) is 3.11. The minimum Gasteiger partial charge on any atom is -0.389 e. The Bertz CT molecular complexity index is 643. The van der Waals surface area contributed by atoms with Crippen LogP contribution in [0.2, 0.25) is 0 Å². The van der Waals surface area contributed by atoms with Crippen molar-refractivity contribution >= 4 is 23.0 Å². The van der Waals surface area contributed by atoms with Crippen molar-refractivity contribution in [2.75, 3.05) is 5.32 Å². The van der Waals surface area contributed by atoms with Crippen LogP contribution in [-0.4, -0.2) is 9.97 Å². The van der Waals surface area contributed by atoms with Crippen LogP contribution in [0.1, 0.15) is 29.7 Å². The molecule has 0 fully saturated rings. The average Bonchev–Trinajstić information content (AvgIpc) is 2.38. The van der Waals surface area contributed by atoms with Gasteiger partial charge in [-0.25, -0.2) is 9.37 Å². The molecule has 0 aliphatic carbocycles. The monoisotopic (exact) mass is 289 g/mol. The first-order valence-electron chi connectivity index (χ1n) is 6.26. The van der Waals surface area contributed by atoms with Crippen molar-refractivity contribution in [1.82, 2.24) is 4.98 Å². The van der Waals surface area contributed by atoms with Crippen LogP contribution >= 0.6 is 12.2 Å². The molecule has 2 aromatic rings. The minimum absolute atomic E-state index is 0.104. The second kappa shape index (κ2) is 5.96. The molecule has 1 heterocycles. The Morgan fingerprint density at radius 2 is 2.15 bits per heavy atom. The Kier molecular flexibility index (Phi) is 4.29. The van der Waals surface area contributed by atoms with E-state index in [1.807, 2.05) is 26.0 Å². The predicted octanol–water partition coefficient (Wildman–Crippen LogP) is 3.34. The van der Waals surface area contributed by atoms with E-state index in [2.05, 4.69) is 10.3 Å². The molecule has 5 heteroatoms. The van der Waals surface area contributed by atoms with Gasteiger partial charge < -0.3 is 11.1 Å². The van der Waals surface area contributed by atoms with Crippen molar-refractivity contribution in [2.24, 2.45) is 5.73 Å². The number of thiocarbonyl (C=S) groups is 1. The van der Waals surface area contributed by atoms with Crippen molar-refractivity contribution in [3.05, 3.63) is 59.0 Å². The topological polar surface area (TPSA) is 50.9 Å². The van der Waals surface area contributed by atoms with Crippen LogP contribution < -0.4 is 11.1 Å². The van der Waals surface area contributed by atoms with E-state index in [1.54, 1.807) is 12.3 Å². The Morgan fingerprint density at radius 1 is 1.40 bits per heavy atom. The maximum Gasteiger partial charge on any atom is 0.136 e. The van der Waals surface area contributed by atoms with Gasteiger partial charge in [-0.15, -0.1) is 0 Å². The van der Waals surface area contributed by atoms with Gasteiger partial charge in [0, 0.05) is 6.20 Å². The summed E-state index contributed by atoms with van der Waals surface area (Å²) in [5.74, 6) is 0.359. The van der Waals surface area contributed by atoms with E-state index in [0.717, 1.165) is 16.7 Å². The number of pyridine rings is 1. The summed E-state index contributed by atoms with van der Waals surface area (Å²) in [6.45, 7) is 3.86. The average molecular weight is 289 g/mol. The maximum atomic E-state index is 13.3. The third kappa shape index (κ3) is 3.11. The molecule has 0 radical (unpaired) electrons. The molecule has 1 unspecified atom stereocenters. The molecule has 104 valence electrons. The molecule has 2 rings (SSSR count). The highest BCUT2D eigenvalue weighted by atomic mass is 32.1. The van der Waals surface area contributed by atoms with Gasteiger partial charge in [0.1, 0.15) is 16.6 Å². The Balaban J connectivity index is 2.30. The molecule has 0 amide bonds. The molecule has 0 spiro atoms. The Morgan fingerprint density at radius 3 is 2.80 bits per heavy atom. The summed E-state index contributed by atoms with van der Waals surface area (Å²) in [6, 6.07) is 8.20. The molecule has 0 saturated heterocycles. The van der Waals surface area contributed by atoms with E-state index < -0.39 is 0 Å². The van der Waals surface area contributed by atoms with Gasteiger partial charge in [0.05, 0.1) is 11.6 Å². The quantitative estimate of drug-likeness (QED) is 0.848. The van der Waals surface area contributed by atoms with Crippen molar-refractivity contribution in [3.63, 3.8) is 0 Å². The molecule has 1 aromatic heterocycles. The van der Waals surface area contributed by atoms with Crippen LogP contribution in [0.5, 0.6) is 0 Å². The van der Waals surface area contributed by atoms with Crippen LogP contribution in [-0.2, 0) is 0 Å². The van der Waals surface area contributed by atoms with Gasteiger partial charge in [-0.05, 0) is 43.2 Å². The minimum atomic E-state index is -0.261. The van der Waals surface area contributed by atoms with Crippen LogP contribution in [0.15, 0.2) is 36.5 Å². The number of benzene rings is 1. The van der Waals surface area contributed by atoms with Gasteiger partial charge in [0.2, 0.25) is 0 Å². The lowest BCUT2D eigenvalue weighted by molar-refractivity contribution is 0.623. The van der Waals surface area contributed by atoms with Crippen molar-refractivity contribution in [1.29, 1.82) is 0 Å². The first-order chi connectivity index (χ1) is 9.49. The van der Waals surface area contributed by atoms with Gasteiger partial charge in [-0.1, -0.05) is 24.4 Å². The molecule has 3 N–H and O–H groups in total. The van der Waals surface area contributed by atoms with Gasteiger partial charge in [-0.2, -0.15) is 0 Å². The fraction of sp³-hybridized carbons (Fsp3) is 0.200. The zero-order valence-electron chi connectivity index (χ0n) is 11.4. The highest BCUT2D eigenvalue weighted by Gasteiger charge is 2.13. The highest BCUT2D eigenvalue weighted by Crippen LogP contribution is 2.23. The van der Waals surface area contributed by atoms with Gasteiger partial charge >= 0.3 is 0 Å². The number of nitrogens with one attached hydrogen (secondary N) is 1. The molecule has 1 aromatic carbocycles. The molecule has 0 aliphatic rings. The normalized spacial score (nSPS) is 11.9. The van der Waals surface area contributed by atoms with Gasteiger partial charge in [0.15, 0.2) is 0 Å². The van der Waals surface area contributed by atoms with Crippen LogP contribution in [0.4, 0.5) is 10.2 Å².